The number of halogens is 1. The summed E-state index contributed by atoms with van der Waals surface area (Å²) in [4.78, 5) is 0. The van der Waals surface area contributed by atoms with Gasteiger partial charge in [-0.1, -0.05) is 6.07 Å². The Bertz CT molecular complexity index is 425. The molecule has 3 unspecified atom stereocenters. The predicted molar refractivity (Wildman–Crippen MR) is 80.7 cm³/mol. The lowest BCUT2D eigenvalue weighted by atomic mass is 10.0. The van der Waals surface area contributed by atoms with Gasteiger partial charge in [-0.2, -0.15) is 0 Å². The molecule has 1 aliphatic heterocycles. The van der Waals surface area contributed by atoms with Crippen molar-refractivity contribution in [3.63, 3.8) is 0 Å². The first-order valence-electron chi connectivity index (χ1n) is 6.81. The Morgan fingerprint density at radius 1 is 1.47 bits per heavy atom. The normalized spacial score (nSPS) is 25.1. The molecule has 1 heterocycles. The molecule has 0 spiro atoms. The summed E-state index contributed by atoms with van der Waals surface area (Å²) in [5.74, 6) is 0.871. The summed E-state index contributed by atoms with van der Waals surface area (Å²) in [6.45, 7) is 5.20. The van der Waals surface area contributed by atoms with E-state index < -0.39 is 0 Å². The highest BCUT2D eigenvalue weighted by Crippen LogP contribution is 2.28. The fourth-order valence-electron chi connectivity index (χ4n) is 2.55. The lowest BCUT2D eigenvalue weighted by Crippen LogP contribution is -2.39. The van der Waals surface area contributed by atoms with E-state index in [1.807, 2.05) is 6.07 Å². The van der Waals surface area contributed by atoms with Crippen LogP contribution in [0.5, 0.6) is 5.75 Å². The molecule has 0 radical (unpaired) electrons. The molecule has 0 bridgehead atoms. The first kappa shape index (κ1) is 14.8. The number of rotatable bonds is 4. The molecule has 1 fully saturated rings. The maximum absolute atomic E-state index is 5.58. The van der Waals surface area contributed by atoms with E-state index in [1.54, 1.807) is 7.11 Å². The van der Waals surface area contributed by atoms with E-state index in [1.165, 1.54) is 5.56 Å². The molecule has 1 N–H and O–H groups in total. The second kappa shape index (κ2) is 6.73. The predicted octanol–water partition coefficient (Wildman–Crippen LogP) is 3.68. The Morgan fingerprint density at radius 3 is 2.89 bits per heavy atom. The molecule has 4 heteroatoms. The Hall–Kier alpha value is -0.580. The average molecular weight is 328 g/mol. The third kappa shape index (κ3) is 3.94. The molecule has 0 aliphatic carbocycles. The molecule has 0 aromatic heterocycles. The van der Waals surface area contributed by atoms with Crippen molar-refractivity contribution in [3.8, 4) is 5.75 Å². The molecule has 2 rings (SSSR count). The van der Waals surface area contributed by atoms with E-state index in [-0.39, 0.29) is 0 Å². The van der Waals surface area contributed by atoms with Crippen molar-refractivity contribution in [1.29, 1.82) is 0 Å². The summed E-state index contributed by atoms with van der Waals surface area (Å²) in [6.07, 6.45) is 2.54. The fraction of sp³-hybridized carbons (Fsp3) is 0.600. The van der Waals surface area contributed by atoms with Crippen LogP contribution in [0.2, 0.25) is 0 Å². The first-order chi connectivity index (χ1) is 9.10. The first-order valence-corrected chi connectivity index (χ1v) is 7.60. The molecular weight excluding hydrogens is 306 g/mol. The Balaban J connectivity index is 1.99. The summed E-state index contributed by atoms with van der Waals surface area (Å²) in [6, 6.07) is 7.12. The quantitative estimate of drug-likeness (QED) is 0.915. The summed E-state index contributed by atoms with van der Waals surface area (Å²) in [5, 5.41) is 3.69. The maximum atomic E-state index is 5.58. The summed E-state index contributed by atoms with van der Waals surface area (Å²) in [5.41, 5.74) is 1.27. The van der Waals surface area contributed by atoms with Crippen LogP contribution in [0, 0.1) is 0 Å². The molecule has 0 amide bonds. The molecular formula is C15H22BrNO2. The van der Waals surface area contributed by atoms with Crippen molar-refractivity contribution < 1.29 is 9.47 Å². The summed E-state index contributed by atoms with van der Waals surface area (Å²) in [7, 11) is 1.69. The number of hydrogen-bond acceptors (Lipinski definition) is 3. The number of nitrogens with one attached hydrogen (secondary N) is 1. The number of methoxy groups -OCH3 is 1. The van der Waals surface area contributed by atoms with Gasteiger partial charge in [-0.25, -0.2) is 0 Å². The van der Waals surface area contributed by atoms with Gasteiger partial charge in [-0.15, -0.1) is 0 Å². The number of benzene rings is 1. The van der Waals surface area contributed by atoms with E-state index in [0.29, 0.717) is 18.2 Å². The van der Waals surface area contributed by atoms with Crippen molar-refractivity contribution in [2.24, 2.45) is 0 Å². The van der Waals surface area contributed by atoms with Gasteiger partial charge in [-0.3, -0.25) is 0 Å². The largest absolute Gasteiger partial charge is 0.496 e. The van der Waals surface area contributed by atoms with Gasteiger partial charge in [0.1, 0.15) is 5.75 Å². The van der Waals surface area contributed by atoms with Crippen LogP contribution in [0.1, 0.15) is 38.3 Å². The van der Waals surface area contributed by atoms with Gasteiger partial charge >= 0.3 is 0 Å². The lowest BCUT2D eigenvalue weighted by molar-refractivity contribution is 0.0116. The molecule has 106 valence electrons. The smallest absolute Gasteiger partial charge is 0.133 e. The highest BCUT2D eigenvalue weighted by atomic mass is 79.9. The zero-order valence-electron chi connectivity index (χ0n) is 11.8. The minimum Gasteiger partial charge on any atom is -0.496 e. The van der Waals surface area contributed by atoms with Gasteiger partial charge in [0.2, 0.25) is 0 Å². The van der Waals surface area contributed by atoms with Gasteiger partial charge < -0.3 is 14.8 Å². The second-order valence-electron chi connectivity index (χ2n) is 5.19. The fourth-order valence-corrected chi connectivity index (χ4v) is 3.11. The van der Waals surface area contributed by atoms with Gasteiger partial charge in [0.25, 0.3) is 0 Å². The van der Waals surface area contributed by atoms with Crippen molar-refractivity contribution in [3.05, 3.63) is 28.2 Å². The summed E-state index contributed by atoms with van der Waals surface area (Å²) >= 11 is 3.54. The second-order valence-corrected chi connectivity index (χ2v) is 6.04. The Morgan fingerprint density at radius 2 is 2.26 bits per heavy atom. The van der Waals surface area contributed by atoms with Crippen molar-refractivity contribution in [2.75, 3.05) is 13.7 Å². The van der Waals surface area contributed by atoms with Crippen molar-refractivity contribution in [2.45, 2.75) is 44.9 Å². The monoisotopic (exact) mass is 327 g/mol. The number of hydrogen-bond donors (Lipinski definition) is 1. The lowest BCUT2D eigenvalue weighted by Gasteiger charge is -2.30. The molecule has 1 saturated heterocycles. The Labute approximate surface area is 123 Å². The number of ether oxygens (including phenoxy) is 2. The van der Waals surface area contributed by atoms with Crippen LogP contribution < -0.4 is 10.1 Å². The molecule has 3 atom stereocenters. The van der Waals surface area contributed by atoms with Gasteiger partial charge in [-0.05, 0) is 60.3 Å². The van der Waals surface area contributed by atoms with Crippen LogP contribution in [0.4, 0.5) is 0 Å². The van der Waals surface area contributed by atoms with E-state index in [0.717, 1.165) is 29.7 Å². The van der Waals surface area contributed by atoms with Crippen LogP contribution in [0.3, 0.4) is 0 Å². The van der Waals surface area contributed by atoms with Crippen molar-refractivity contribution >= 4 is 15.9 Å². The third-order valence-corrected chi connectivity index (χ3v) is 4.27. The molecule has 3 nitrogen and oxygen atoms in total. The zero-order chi connectivity index (χ0) is 13.8. The minimum absolute atomic E-state index is 0.331. The maximum Gasteiger partial charge on any atom is 0.133 e. The van der Waals surface area contributed by atoms with Crippen LogP contribution >= 0.6 is 15.9 Å². The highest BCUT2D eigenvalue weighted by molar-refractivity contribution is 9.10. The van der Waals surface area contributed by atoms with E-state index >= 15 is 0 Å². The van der Waals surface area contributed by atoms with Crippen molar-refractivity contribution in [1.82, 2.24) is 5.32 Å². The van der Waals surface area contributed by atoms with Gasteiger partial charge in [0.15, 0.2) is 0 Å². The molecule has 1 aromatic rings. The van der Waals surface area contributed by atoms with Gasteiger partial charge in [0, 0.05) is 18.7 Å². The van der Waals surface area contributed by atoms with E-state index in [2.05, 4.69) is 47.2 Å². The van der Waals surface area contributed by atoms with E-state index in [9.17, 15) is 0 Å². The summed E-state index contributed by atoms with van der Waals surface area (Å²) < 4.78 is 11.8. The third-order valence-electron chi connectivity index (χ3n) is 3.65. The topological polar surface area (TPSA) is 30.5 Å². The van der Waals surface area contributed by atoms with Crippen LogP contribution in [0.15, 0.2) is 22.7 Å². The Kier molecular flexibility index (Phi) is 5.25. The zero-order valence-corrected chi connectivity index (χ0v) is 13.4. The van der Waals surface area contributed by atoms with Crippen LogP contribution in [0.25, 0.3) is 0 Å². The van der Waals surface area contributed by atoms with Gasteiger partial charge in [0.05, 0.1) is 17.7 Å². The molecule has 19 heavy (non-hydrogen) atoms. The minimum atomic E-state index is 0.331. The average Bonchev–Trinajstić information content (AvgIpc) is 2.38. The van der Waals surface area contributed by atoms with Crippen LogP contribution in [-0.4, -0.2) is 25.9 Å². The van der Waals surface area contributed by atoms with E-state index in [4.69, 9.17) is 9.47 Å². The SMILES string of the molecule is COc1ccc(C(C)NC2CCOC(C)C2)cc1Br. The standard InChI is InChI=1S/C15H22BrNO2/c1-10-8-13(6-7-19-10)17-11(2)12-4-5-15(18-3)14(16)9-12/h4-5,9-11,13,17H,6-8H2,1-3H3. The molecule has 0 saturated carbocycles. The molecule has 1 aromatic carbocycles. The highest BCUT2D eigenvalue weighted by Gasteiger charge is 2.21. The van der Waals surface area contributed by atoms with Crippen LogP contribution in [-0.2, 0) is 4.74 Å². The molecule has 1 aliphatic rings.